The molecule has 0 amide bonds. The molecule has 0 aliphatic carbocycles. The van der Waals surface area contributed by atoms with Gasteiger partial charge in [-0.05, 0) is 13.0 Å². The zero-order chi connectivity index (χ0) is 36.1. The van der Waals surface area contributed by atoms with Crippen molar-refractivity contribution in [1.82, 2.24) is 0 Å². The van der Waals surface area contributed by atoms with E-state index in [2.05, 4.69) is 151 Å². The van der Waals surface area contributed by atoms with Crippen molar-refractivity contribution in [2.75, 3.05) is 27.4 Å². The van der Waals surface area contributed by atoms with E-state index in [1.54, 1.807) is 54.8 Å². The summed E-state index contributed by atoms with van der Waals surface area (Å²) in [7, 11) is 1.00. The van der Waals surface area contributed by atoms with Crippen molar-refractivity contribution in [3.05, 3.63) is 153 Å². The Morgan fingerprint density at radius 1 is 0.750 bits per heavy atom. The molecule has 7 rings (SSSR count). The van der Waals surface area contributed by atoms with Gasteiger partial charge in [-0.25, -0.2) is 0 Å². The van der Waals surface area contributed by atoms with Gasteiger partial charge in [0, 0.05) is 0 Å². The summed E-state index contributed by atoms with van der Waals surface area (Å²) in [5.74, 6) is 9.07. The van der Waals surface area contributed by atoms with Crippen molar-refractivity contribution in [3.63, 3.8) is 0 Å². The summed E-state index contributed by atoms with van der Waals surface area (Å²) in [6.45, 7) is 5.25. The molecular formula is C45H37O3OsPS2+. The van der Waals surface area contributed by atoms with Crippen molar-refractivity contribution in [2.45, 2.75) is 13.8 Å². The van der Waals surface area contributed by atoms with Crippen molar-refractivity contribution in [1.29, 1.82) is 0 Å². The Balaban J connectivity index is 1.54. The fourth-order valence-corrected chi connectivity index (χ4v) is 14.8. The fraction of sp³-hybridized carbons (Fsp3) is 0.133. The van der Waals surface area contributed by atoms with Gasteiger partial charge in [0.05, 0.1) is 0 Å². The number of benzene rings is 4. The average molecular weight is 911 g/mol. The van der Waals surface area contributed by atoms with Gasteiger partial charge >= 0.3 is 307 Å². The molecule has 1 aliphatic rings. The molecule has 259 valence electrons. The predicted octanol–water partition coefficient (Wildman–Crippen LogP) is 10.2. The molecule has 0 bridgehead atoms. The summed E-state index contributed by atoms with van der Waals surface area (Å²) in [6, 6.07) is 37.0. The Kier molecular flexibility index (Phi) is 11.2. The molecule has 52 heavy (non-hydrogen) atoms. The van der Waals surface area contributed by atoms with Crippen LogP contribution in [0.5, 0.6) is 11.5 Å². The summed E-state index contributed by atoms with van der Waals surface area (Å²) in [6.07, 6.45) is 8.58. The van der Waals surface area contributed by atoms with Crippen LogP contribution >= 0.6 is 29.9 Å². The number of hydrogen-bond donors (Lipinski definition) is 0. The van der Waals surface area contributed by atoms with Gasteiger partial charge in [0.2, 0.25) is 0 Å². The van der Waals surface area contributed by atoms with Gasteiger partial charge < -0.3 is 0 Å². The summed E-state index contributed by atoms with van der Waals surface area (Å²) < 4.78 is 24.0. The van der Waals surface area contributed by atoms with Crippen molar-refractivity contribution < 1.29 is 32.2 Å². The van der Waals surface area contributed by atoms with Gasteiger partial charge in [0.15, 0.2) is 0 Å². The Bertz CT molecular complexity index is 2330. The molecule has 4 aromatic carbocycles. The first-order valence-corrected chi connectivity index (χ1v) is 21.6. The standard InChI is InChI=1S/C45H37O3PS2.Os/c1-6-17-38-27-40-42(46-4)45-41(43(47-5)44(40)50-38)28-39(51-45)25-24-33(26-34-30-48-29-32(34)7-2)31(3)49(35-18-11-8-12-19-35,36-20-13-9-14-21-36)37-22-15-10-16-23-37;/h6-23,26-28H,29-30H2,1-2,4-5H3;/q+1;/b17-6+,32-7?,33-31?,34-26?;. The molecule has 3 nitrogen and oxygen atoms in total. The number of methoxy groups -OCH3 is 2. The zero-order valence-corrected chi connectivity index (χ0v) is 34.4. The van der Waals surface area contributed by atoms with E-state index in [0.717, 1.165) is 57.9 Å². The van der Waals surface area contributed by atoms with Gasteiger partial charge in [0.1, 0.15) is 0 Å². The van der Waals surface area contributed by atoms with Crippen LogP contribution in [-0.4, -0.2) is 27.4 Å². The molecule has 1 aliphatic heterocycles. The van der Waals surface area contributed by atoms with Crippen LogP contribution in [0.15, 0.2) is 143 Å². The van der Waals surface area contributed by atoms with Crippen molar-refractivity contribution in [2.24, 2.45) is 0 Å². The van der Waals surface area contributed by atoms with E-state index in [1.165, 1.54) is 21.5 Å². The zero-order valence-electron chi connectivity index (χ0n) is 29.4. The number of fused-ring (bicyclic) bond motifs is 2. The van der Waals surface area contributed by atoms with Crippen LogP contribution in [0.25, 0.3) is 26.2 Å². The van der Waals surface area contributed by atoms with Crippen molar-refractivity contribution in [3.8, 4) is 27.7 Å². The Morgan fingerprint density at radius 3 is 1.81 bits per heavy atom. The average Bonchev–Trinajstić information content (AvgIpc) is 3.94. The Hall–Kier alpha value is -4.27. The van der Waals surface area contributed by atoms with E-state index in [4.69, 9.17) is 14.2 Å². The second-order valence-electron chi connectivity index (χ2n) is 12.1. The SMILES string of the molecule is CC=C1COCC1=CC(C#Cc1cc2c(OC)c3sc(/C=C/C)cc3c(OC)c2s1)=C([C]#[Os])[P+](c1ccccc1)(c1ccccc1)c1ccccc1. The summed E-state index contributed by atoms with van der Waals surface area (Å²) in [5, 5.41) is 6.92. The van der Waals surface area contributed by atoms with E-state index < -0.39 is 7.26 Å². The molecule has 1 saturated heterocycles. The van der Waals surface area contributed by atoms with Crippen LogP contribution < -0.4 is 25.4 Å². The van der Waals surface area contributed by atoms with Crippen LogP contribution in [0.4, 0.5) is 0 Å². The van der Waals surface area contributed by atoms with Crippen LogP contribution in [-0.2, 0) is 22.7 Å². The summed E-state index contributed by atoms with van der Waals surface area (Å²) in [4.78, 5) is 2.09. The topological polar surface area (TPSA) is 27.7 Å². The third kappa shape index (κ3) is 6.60. The molecule has 7 heteroatoms. The molecule has 0 spiro atoms. The van der Waals surface area contributed by atoms with Gasteiger partial charge in [-0.3, -0.25) is 0 Å². The molecule has 0 saturated carbocycles. The Labute approximate surface area is 324 Å². The Morgan fingerprint density at radius 2 is 1.29 bits per heavy atom. The molecule has 0 radical (unpaired) electrons. The number of hydrogen-bond acceptors (Lipinski definition) is 5. The first-order chi connectivity index (χ1) is 25.6. The molecule has 0 unspecified atom stereocenters. The molecular weight excluding hydrogens is 874 g/mol. The molecule has 3 heterocycles. The molecule has 2 aromatic heterocycles. The van der Waals surface area contributed by atoms with Gasteiger partial charge in [-0.1, -0.05) is 6.08 Å². The number of allylic oxidation sites excluding steroid dienone is 5. The number of rotatable bonds is 8. The maximum absolute atomic E-state index is 6.08. The molecule has 1 fully saturated rings. The van der Waals surface area contributed by atoms with Gasteiger partial charge in [0.25, 0.3) is 0 Å². The van der Waals surface area contributed by atoms with E-state index in [-0.39, 0.29) is 0 Å². The minimum atomic E-state index is -2.48. The second-order valence-corrected chi connectivity index (χ2v) is 18.2. The van der Waals surface area contributed by atoms with Crippen molar-refractivity contribution >= 4 is 72.1 Å². The van der Waals surface area contributed by atoms with Crippen LogP contribution in [0.2, 0.25) is 0 Å². The van der Waals surface area contributed by atoms with E-state index in [0.29, 0.717) is 13.2 Å². The monoisotopic (exact) mass is 912 g/mol. The molecule has 0 atom stereocenters. The first kappa shape index (κ1) is 36.1. The molecule has 0 N–H and O–H groups in total. The normalized spacial score (nSPS) is 15.2. The number of thiophene rings is 2. The number of ether oxygens (including phenoxy) is 3. The third-order valence-corrected chi connectivity index (χ3v) is 16.7. The maximum atomic E-state index is 6.08. The van der Waals surface area contributed by atoms with E-state index in [9.17, 15) is 0 Å². The van der Waals surface area contributed by atoms with Gasteiger partial charge in [-0.2, -0.15) is 0 Å². The second kappa shape index (κ2) is 16.2. The predicted molar refractivity (Wildman–Crippen MR) is 221 cm³/mol. The van der Waals surface area contributed by atoms with Gasteiger partial charge in [-0.15, -0.1) is 0 Å². The van der Waals surface area contributed by atoms with E-state index in [1.807, 2.05) is 6.92 Å². The van der Waals surface area contributed by atoms with Crippen LogP contribution in [0.1, 0.15) is 23.6 Å². The molecule has 6 aromatic rings. The van der Waals surface area contributed by atoms with Crippen LogP contribution in [0, 0.1) is 16.2 Å². The third-order valence-electron chi connectivity index (χ3n) is 9.14. The quantitative estimate of drug-likeness (QED) is 0.113. The van der Waals surface area contributed by atoms with Crippen LogP contribution in [0.3, 0.4) is 0 Å². The van der Waals surface area contributed by atoms with E-state index >= 15 is 0 Å². The fourth-order valence-electron chi connectivity index (χ4n) is 6.84. The summed E-state index contributed by atoms with van der Waals surface area (Å²) in [5.41, 5.74) is 3.27. The summed E-state index contributed by atoms with van der Waals surface area (Å²) >= 11 is 5.12. The first-order valence-electron chi connectivity index (χ1n) is 16.9. The minimum absolute atomic E-state index is 0.542.